The van der Waals surface area contributed by atoms with E-state index in [1.165, 1.54) is 25.8 Å². The average molecular weight is 241 g/mol. The van der Waals surface area contributed by atoms with Crippen LogP contribution in [0.1, 0.15) is 40.0 Å². The van der Waals surface area contributed by atoms with Crippen LogP contribution in [0.2, 0.25) is 0 Å². The molecule has 0 radical (unpaired) electrons. The van der Waals surface area contributed by atoms with Crippen molar-refractivity contribution in [2.45, 2.75) is 58.2 Å². The molecule has 1 aliphatic rings. The van der Waals surface area contributed by atoms with Crippen LogP contribution >= 0.6 is 0 Å². The fraction of sp³-hybridized carbons (Fsp3) is 1.00. The van der Waals surface area contributed by atoms with Crippen molar-refractivity contribution in [3.8, 4) is 0 Å². The molecule has 2 N–H and O–H groups in total. The van der Waals surface area contributed by atoms with Gasteiger partial charge in [-0.3, -0.25) is 0 Å². The third-order valence-electron chi connectivity index (χ3n) is 3.91. The molecule has 0 aromatic carbocycles. The molecule has 0 saturated carbocycles. The summed E-state index contributed by atoms with van der Waals surface area (Å²) in [6.45, 7) is 9.22. The van der Waals surface area contributed by atoms with Crippen molar-refractivity contribution in [1.29, 1.82) is 0 Å². The van der Waals surface area contributed by atoms with E-state index in [0.29, 0.717) is 18.0 Å². The molecule has 3 unspecified atom stereocenters. The molecule has 1 heterocycles. The lowest BCUT2D eigenvalue weighted by molar-refractivity contribution is 0.217. The van der Waals surface area contributed by atoms with Crippen LogP contribution in [0.25, 0.3) is 0 Å². The molecule has 0 amide bonds. The lowest BCUT2D eigenvalue weighted by Crippen LogP contribution is -2.45. The molecule has 1 fully saturated rings. The fourth-order valence-corrected chi connectivity index (χ4v) is 2.80. The maximum absolute atomic E-state index is 3.69. The van der Waals surface area contributed by atoms with Gasteiger partial charge in [0.15, 0.2) is 0 Å². The Morgan fingerprint density at radius 3 is 2.47 bits per heavy atom. The van der Waals surface area contributed by atoms with Gasteiger partial charge in [-0.1, -0.05) is 13.8 Å². The summed E-state index contributed by atoms with van der Waals surface area (Å²) >= 11 is 0. The molecule has 102 valence electrons. The first-order chi connectivity index (χ1) is 8.00. The van der Waals surface area contributed by atoms with Gasteiger partial charge in [-0.15, -0.1) is 0 Å². The van der Waals surface area contributed by atoms with E-state index in [4.69, 9.17) is 0 Å². The summed E-state index contributed by atoms with van der Waals surface area (Å²) in [5.41, 5.74) is 0. The normalized spacial score (nSPS) is 24.5. The third-order valence-corrected chi connectivity index (χ3v) is 3.91. The molecule has 0 spiro atoms. The Morgan fingerprint density at radius 1 is 1.29 bits per heavy atom. The Kier molecular flexibility index (Phi) is 6.45. The van der Waals surface area contributed by atoms with Crippen LogP contribution in [0.4, 0.5) is 0 Å². The minimum atomic E-state index is 0.617. The molecule has 3 heteroatoms. The Hall–Kier alpha value is -0.120. The number of nitrogens with one attached hydrogen (secondary N) is 2. The Morgan fingerprint density at radius 2 is 2.00 bits per heavy atom. The SMILES string of the molecule is CC(CC1CCCN1)NCC(C(C)C)N(C)C. The summed E-state index contributed by atoms with van der Waals surface area (Å²) in [5.74, 6) is 0.703. The second-order valence-electron chi connectivity index (χ2n) is 6.11. The second kappa shape index (κ2) is 7.34. The summed E-state index contributed by atoms with van der Waals surface area (Å²) in [6, 6.07) is 2.00. The molecule has 1 aliphatic heterocycles. The molecule has 17 heavy (non-hydrogen) atoms. The van der Waals surface area contributed by atoms with Crippen molar-refractivity contribution >= 4 is 0 Å². The molecule has 0 aromatic rings. The van der Waals surface area contributed by atoms with Crippen molar-refractivity contribution in [2.75, 3.05) is 27.2 Å². The van der Waals surface area contributed by atoms with E-state index >= 15 is 0 Å². The van der Waals surface area contributed by atoms with Crippen molar-refractivity contribution in [3.63, 3.8) is 0 Å². The van der Waals surface area contributed by atoms with Gasteiger partial charge in [0, 0.05) is 24.7 Å². The zero-order valence-electron chi connectivity index (χ0n) is 12.3. The highest BCUT2D eigenvalue weighted by molar-refractivity contribution is 4.80. The number of hydrogen-bond donors (Lipinski definition) is 2. The van der Waals surface area contributed by atoms with E-state index < -0.39 is 0 Å². The van der Waals surface area contributed by atoms with Crippen LogP contribution in [0.3, 0.4) is 0 Å². The summed E-state index contributed by atoms with van der Waals surface area (Å²) in [6.07, 6.45) is 3.97. The molecule has 1 rings (SSSR count). The van der Waals surface area contributed by atoms with Crippen molar-refractivity contribution in [3.05, 3.63) is 0 Å². The minimum Gasteiger partial charge on any atom is -0.314 e. The van der Waals surface area contributed by atoms with Crippen LogP contribution in [0.15, 0.2) is 0 Å². The number of rotatable bonds is 7. The predicted molar refractivity (Wildman–Crippen MR) is 75.4 cm³/mol. The summed E-state index contributed by atoms with van der Waals surface area (Å²) < 4.78 is 0. The van der Waals surface area contributed by atoms with Crippen LogP contribution < -0.4 is 10.6 Å². The highest BCUT2D eigenvalue weighted by Gasteiger charge is 2.19. The fourth-order valence-electron chi connectivity index (χ4n) is 2.80. The first-order valence-corrected chi connectivity index (χ1v) is 7.14. The number of hydrogen-bond acceptors (Lipinski definition) is 3. The Balaban J connectivity index is 2.23. The first kappa shape index (κ1) is 14.9. The van der Waals surface area contributed by atoms with Crippen molar-refractivity contribution < 1.29 is 0 Å². The van der Waals surface area contributed by atoms with Gasteiger partial charge in [-0.05, 0) is 52.7 Å². The largest absolute Gasteiger partial charge is 0.314 e. The first-order valence-electron chi connectivity index (χ1n) is 7.14. The highest BCUT2D eigenvalue weighted by atomic mass is 15.1. The monoisotopic (exact) mass is 241 g/mol. The van der Waals surface area contributed by atoms with Crippen LogP contribution in [0, 0.1) is 5.92 Å². The maximum atomic E-state index is 3.69. The van der Waals surface area contributed by atoms with Crippen molar-refractivity contribution in [1.82, 2.24) is 15.5 Å². The molecular formula is C14H31N3. The van der Waals surface area contributed by atoms with Crippen LogP contribution in [0.5, 0.6) is 0 Å². The van der Waals surface area contributed by atoms with Gasteiger partial charge < -0.3 is 15.5 Å². The third kappa shape index (κ3) is 5.36. The molecule has 0 aromatic heterocycles. The van der Waals surface area contributed by atoms with E-state index in [-0.39, 0.29) is 0 Å². The Labute approximate surface area is 107 Å². The molecular weight excluding hydrogens is 210 g/mol. The smallest absolute Gasteiger partial charge is 0.0237 e. The summed E-state index contributed by atoms with van der Waals surface area (Å²) in [5, 5.41) is 7.26. The molecule has 3 atom stereocenters. The van der Waals surface area contributed by atoms with E-state index in [2.05, 4.69) is 50.4 Å². The van der Waals surface area contributed by atoms with Gasteiger partial charge in [-0.25, -0.2) is 0 Å². The average Bonchev–Trinajstić information content (AvgIpc) is 2.69. The van der Waals surface area contributed by atoms with Gasteiger partial charge in [0.2, 0.25) is 0 Å². The quantitative estimate of drug-likeness (QED) is 0.710. The molecule has 0 bridgehead atoms. The van der Waals surface area contributed by atoms with E-state index in [0.717, 1.165) is 12.6 Å². The topological polar surface area (TPSA) is 27.3 Å². The summed E-state index contributed by atoms with van der Waals surface area (Å²) in [7, 11) is 4.35. The lowest BCUT2D eigenvalue weighted by Gasteiger charge is -2.30. The van der Waals surface area contributed by atoms with Crippen LogP contribution in [-0.4, -0.2) is 50.2 Å². The van der Waals surface area contributed by atoms with Crippen molar-refractivity contribution in [2.24, 2.45) is 5.92 Å². The van der Waals surface area contributed by atoms with Gasteiger partial charge in [0.1, 0.15) is 0 Å². The van der Waals surface area contributed by atoms with Crippen LogP contribution in [-0.2, 0) is 0 Å². The standard InChI is InChI=1S/C14H31N3/c1-11(2)14(17(4)5)10-16-12(3)9-13-7-6-8-15-13/h11-16H,6-10H2,1-5H3. The second-order valence-corrected chi connectivity index (χ2v) is 6.11. The number of likely N-dealkylation sites (N-methyl/N-ethyl adjacent to an activating group) is 1. The molecule has 1 saturated heterocycles. The highest BCUT2D eigenvalue weighted by Crippen LogP contribution is 2.12. The maximum Gasteiger partial charge on any atom is 0.0237 e. The lowest BCUT2D eigenvalue weighted by atomic mass is 10.0. The van der Waals surface area contributed by atoms with E-state index in [9.17, 15) is 0 Å². The van der Waals surface area contributed by atoms with Gasteiger partial charge in [0.25, 0.3) is 0 Å². The predicted octanol–water partition coefficient (Wildman–Crippen LogP) is 1.69. The molecule has 0 aliphatic carbocycles. The Bertz CT molecular complexity index is 190. The summed E-state index contributed by atoms with van der Waals surface area (Å²) in [4.78, 5) is 2.33. The van der Waals surface area contributed by atoms with Gasteiger partial charge >= 0.3 is 0 Å². The zero-order chi connectivity index (χ0) is 12.8. The number of nitrogens with zero attached hydrogens (tertiary/aromatic N) is 1. The zero-order valence-corrected chi connectivity index (χ0v) is 12.3. The minimum absolute atomic E-state index is 0.617. The van der Waals surface area contributed by atoms with Gasteiger partial charge in [0.05, 0.1) is 0 Å². The molecule has 3 nitrogen and oxygen atoms in total. The van der Waals surface area contributed by atoms with E-state index in [1.54, 1.807) is 0 Å². The van der Waals surface area contributed by atoms with Gasteiger partial charge in [-0.2, -0.15) is 0 Å². The van der Waals surface area contributed by atoms with E-state index in [1.807, 2.05) is 0 Å².